The molecule has 2 heterocycles. The number of aliphatic imine (C=N–C) groups is 1. The number of amidine groups is 1. The normalized spacial score (nSPS) is 18.0. The molecule has 1 atom stereocenters. The minimum absolute atomic E-state index is 0. The summed E-state index contributed by atoms with van der Waals surface area (Å²) in [5.41, 5.74) is 7.37. The summed E-state index contributed by atoms with van der Waals surface area (Å²) < 4.78 is 1.51. The fourth-order valence-corrected chi connectivity index (χ4v) is 4.89. The first-order valence-corrected chi connectivity index (χ1v) is 10.1. The molecule has 5 heteroatoms. The first kappa shape index (κ1) is 15.3. The van der Waals surface area contributed by atoms with Crippen LogP contribution in [-0.2, 0) is 6.42 Å². The largest absolute Gasteiger partial charge is 0.383 e. The quantitative estimate of drug-likeness (QED) is 0.627. The second kappa shape index (κ2) is 5.48. The Labute approximate surface area is 120 Å². The highest BCUT2D eigenvalue weighted by Crippen LogP contribution is 2.24. The summed E-state index contributed by atoms with van der Waals surface area (Å²) in [6.45, 7) is 8.94. The highest BCUT2D eigenvalue weighted by Gasteiger charge is 2.26. The monoisotopic (exact) mass is 298 g/mol. The summed E-state index contributed by atoms with van der Waals surface area (Å²) in [6.07, 6.45) is 0.915. The van der Waals surface area contributed by atoms with E-state index in [4.69, 9.17) is 5.73 Å². The lowest BCUT2D eigenvalue weighted by Crippen LogP contribution is -2.34. The standard InChI is InChI=1S/C13H18N2SSi.ClH/c1-5-6-10-7-9-8-11(17(2,3)4)16-12(9)13(14)15-10;/h8,10H,7H2,1-4H3,(H2,14,15);1H. The molecule has 1 aliphatic heterocycles. The number of hydrogen-bond donors (Lipinski definition) is 1. The van der Waals surface area contributed by atoms with Crippen LogP contribution < -0.4 is 10.2 Å². The third-order valence-corrected chi connectivity index (χ3v) is 7.58. The van der Waals surface area contributed by atoms with Gasteiger partial charge in [-0.25, -0.2) is 0 Å². The second-order valence-corrected chi connectivity index (χ2v) is 11.8. The van der Waals surface area contributed by atoms with Crippen molar-refractivity contribution in [3.05, 3.63) is 16.5 Å². The smallest absolute Gasteiger partial charge is 0.137 e. The maximum Gasteiger partial charge on any atom is 0.137 e. The molecule has 2 rings (SSSR count). The molecule has 1 unspecified atom stereocenters. The van der Waals surface area contributed by atoms with Gasteiger partial charge in [-0.3, -0.25) is 4.99 Å². The van der Waals surface area contributed by atoms with E-state index >= 15 is 0 Å². The summed E-state index contributed by atoms with van der Waals surface area (Å²) in [4.78, 5) is 5.63. The van der Waals surface area contributed by atoms with E-state index in [0.29, 0.717) is 5.84 Å². The van der Waals surface area contributed by atoms with Crippen LogP contribution >= 0.6 is 23.7 Å². The van der Waals surface area contributed by atoms with Crippen molar-refractivity contribution in [1.29, 1.82) is 0 Å². The summed E-state index contributed by atoms with van der Waals surface area (Å²) in [6, 6.07) is 2.38. The summed E-state index contributed by atoms with van der Waals surface area (Å²) in [5, 5.41) is 0. The van der Waals surface area contributed by atoms with Crippen LogP contribution in [0.5, 0.6) is 0 Å². The molecular formula is C13H19ClN2SSi. The average molecular weight is 299 g/mol. The van der Waals surface area contributed by atoms with E-state index < -0.39 is 8.07 Å². The zero-order chi connectivity index (χ0) is 12.6. The number of rotatable bonds is 1. The summed E-state index contributed by atoms with van der Waals surface area (Å²) in [7, 11) is -1.25. The molecule has 0 aromatic carbocycles. The zero-order valence-corrected chi connectivity index (χ0v) is 13.8. The molecule has 0 saturated carbocycles. The van der Waals surface area contributed by atoms with Gasteiger partial charge in [0.05, 0.1) is 13.0 Å². The third kappa shape index (κ3) is 2.97. The minimum Gasteiger partial charge on any atom is -0.383 e. The maximum atomic E-state index is 6.03. The number of hydrogen-bond acceptors (Lipinski definition) is 3. The maximum absolute atomic E-state index is 6.03. The van der Waals surface area contributed by atoms with E-state index in [1.807, 2.05) is 18.3 Å². The predicted octanol–water partition coefficient (Wildman–Crippen LogP) is 2.37. The average Bonchev–Trinajstić information content (AvgIpc) is 2.61. The predicted molar refractivity (Wildman–Crippen MR) is 86.2 cm³/mol. The highest BCUT2D eigenvalue weighted by molar-refractivity contribution is 7.27. The number of nitrogens with two attached hydrogens (primary N) is 1. The Morgan fingerprint density at radius 1 is 1.44 bits per heavy atom. The number of thiophene rings is 1. The van der Waals surface area contributed by atoms with Gasteiger partial charge in [-0.05, 0) is 23.1 Å². The Balaban J connectivity index is 0.00000162. The molecule has 1 aromatic heterocycles. The van der Waals surface area contributed by atoms with Crippen molar-refractivity contribution < 1.29 is 0 Å². The van der Waals surface area contributed by atoms with Gasteiger partial charge in [-0.15, -0.1) is 29.7 Å². The van der Waals surface area contributed by atoms with Crippen molar-refractivity contribution in [3.63, 3.8) is 0 Å². The Bertz CT molecular complexity index is 531. The van der Waals surface area contributed by atoms with Crippen molar-refractivity contribution in [3.8, 4) is 11.8 Å². The first-order valence-electron chi connectivity index (χ1n) is 5.81. The third-order valence-electron chi connectivity index (χ3n) is 2.80. The molecule has 0 amide bonds. The Hall–Kier alpha value is -0.763. The van der Waals surface area contributed by atoms with Gasteiger partial charge >= 0.3 is 0 Å². The molecule has 2 nitrogen and oxygen atoms in total. The highest BCUT2D eigenvalue weighted by atomic mass is 35.5. The number of fused-ring (bicyclic) bond motifs is 1. The van der Waals surface area contributed by atoms with Gasteiger partial charge in [0.1, 0.15) is 11.9 Å². The Kier molecular flexibility index (Phi) is 4.65. The van der Waals surface area contributed by atoms with Crippen LogP contribution in [0.4, 0.5) is 0 Å². The van der Waals surface area contributed by atoms with E-state index in [9.17, 15) is 0 Å². The van der Waals surface area contributed by atoms with E-state index in [1.165, 1.54) is 14.9 Å². The second-order valence-electron chi connectivity index (χ2n) is 5.34. The van der Waals surface area contributed by atoms with Crippen LogP contribution in [0.25, 0.3) is 0 Å². The van der Waals surface area contributed by atoms with Crippen molar-refractivity contribution in [2.45, 2.75) is 39.0 Å². The SMILES string of the molecule is CC#CC1Cc2cc([Si](C)(C)C)sc2C(N)=N1.Cl. The van der Waals surface area contributed by atoms with Crippen LogP contribution in [0.3, 0.4) is 0 Å². The van der Waals surface area contributed by atoms with E-state index in [-0.39, 0.29) is 18.4 Å². The fraction of sp³-hybridized carbons (Fsp3) is 0.462. The van der Waals surface area contributed by atoms with Crippen molar-refractivity contribution >= 4 is 42.2 Å². The molecule has 0 saturated heterocycles. The van der Waals surface area contributed by atoms with Gasteiger partial charge in [-0.2, -0.15) is 0 Å². The van der Waals surface area contributed by atoms with Crippen LogP contribution in [0, 0.1) is 11.8 Å². The van der Waals surface area contributed by atoms with Crippen molar-refractivity contribution in [1.82, 2.24) is 0 Å². The summed E-state index contributed by atoms with van der Waals surface area (Å²) >= 11 is 1.83. The minimum atomic E-state index is -1.25. The molecule has 0 bridgehead atoms. The van der Waals surface area contributed by atoms with E-state index in [1.54, 1.807) is 0 Å². The molecule has 0 fully saturated rings. The molecule has 0 radical (unpaired) electrons. The number of halogens is 1. The van der Waals surface area contributed by atoms with Crippen LogP contribution in [0.15, 0.2) is 11.1 Å². The molecule has 0 aliphatic carbocycles. The fourth-order valence-electron chi connectivity index (χ4n) is 1.90. The van der Waals surface area contributed by atoms with Crippen molar-refractivity contribution in [2.24, 2.45) is 10.7 Å². The van der Waals surface area contributed by atoms with Gasteiger partial charge in [0, 0.05) is 6.42 Å². The molecule has 0 spiro atoms. The lowest BCUT2D eigenvalue weighted by atomic mass is 10.0. The molecular weight excluding hydrogens is 280 g/mol. The number of nitrogens with zero attached hydrogens (tertiary/aromatic N) is 1. The molecule has 98 valence electrons. The molecule has 18 heavy (non-hydrogen) atoms. The topological polar surface area (TPSA) is 38.4 Å². The molecule has 1 aliphatic rings. The van der Waals surface area contributed by atoms with Gasteiger partial charge < -0.3 is 5.73 Å². The van der Waals surface area contributed by atoms with Gasteiger partial charge in [0.15, 0.2) is 0 Å². The zero-order valence-electron chi connectivity index (χ0n) is 11.2. The van der Waals surface area contributed by atoms with Gasteiger partial charge in [0.25, 0.3) is 0 Å². The van der Waals surface area contributed by atoms with Crippen LogP contribution in [-0.4, -0.2) is 20.0 Å². The lowest BCUT2D eigenvalue weighted by molar-refractivity contribution is 0.822. The van der Waals surface area contributed by atoms with Crippen LogP contribution in [0.1, 0.15) is 17.4 Å². The lowest BCUT2D eigenvalue weighted by Gasteiger charge is -2.13. The molecule has 2 N–H and O–H groups in total. The Morgan fingerprint density at radius 3 is 2.67 bits per heavy atom. The van der Waals surface area contributed by atoms with E-state index in [0.717, 1.165) is 6.42 Å². The first-order chi connectivity index (χ1) is 7.91. The summed E-state index contributed by atoms with van der Waals surface area (Å²) in [5.74, 6) is 6.70. The van der Waals surface area contributed by atoms with Gasteiger partial charge in [-0.1, -0.05) is 25.6 Å². The van der Waals surface area contributed by atoms with Crippen molar-refractivity contribution in [2.75, 3.05) is 0 Å². The molecule has 1 aromatic rings. The Morgan fingerprint density at radius 2 is 2.11 bits per heavy atom. The van der Waals surface area contributed by atoms with Gasteiger partial charge in [0.2, 0.25) is 0 Å². The van der Waals surface area contributed by atoms with Crippen LogP contribution in [0.2, 0.25) is 19.6 Å². The van der Waals surface area contributed by atoms with E-state index in [2.05, 4.69) is 42.5 Å².